The largest absolute Gasteiger partial charge is 0.507 e. The lowest BCUT2D eigenvalue weighted by molar-refractivity contribution is 0.0909. The Labute approximate surface area is 272 Å². The molecule has 246 valence electrons. The molecule has 2 aromatic carbocycles. The van der Waals surface area contributed by atoms with Gasteiger partial charge in [0.25, 0.3) is 0 Å². The maximum Gasteiger partial charge on any atom is 0.216 e. The van der Waals surface area contributed by atoms with Gasteiger partial charge in [-0.25, -0.2) is 0 Å². The molecular formula is C34H28N2O12. The smallest absolute Gasteiger partial charge is 0.216 e. The summed E-state index contributed by atoms with van der Waals surface area (Å²) in [5, 5.41) is 33.5. The Morgan fingerprint density at radius 3 is 1.98 bits per heavy atom. The second kappa shape index (κ2) is 13.7. The van der Waals surface area contributed by atoms with Gasteiger partial charge in [-0.1, -0.05) is 6.07 Å². The van der Waals surface area contributed by atoms with E-state index in [1.165, 1.54) is 42.9 Å². The molecule has 4 aromatic rings. The Kier molecular flexibility index (Phi) is 9.05. The summed E-state index contributed by atoms with van der Waals surface area (Å²) in [6, 6.07) is 8.93. The molecule has 48 heavy (non-hydrogen) atoms. The first kappa shape index (κ1) is 31.8. The van der Waals surface area contributed by atoms with E-state index < -0.39 is 63.6 Å². The molecule has 6 rings (SSSR count). The van der Waals surface area contributed by atoms with Gasteiger partial charge < -0.3 is 39.0 Å². The zero-order valence-corrected chi connectivity index (χ0v) is 25.3. The fraction of sp³-hybridized carbons (Fsp3) is 0.235. The van der Waals surface area contributed by atoms with E-state index in [0.29, 0.717) is 5.56 Å². The summed E-state index contributed by atoms with van der Waals surface area (Å²) in [6.07, 6.45) is 3.04. The van der Waals surface area contributed by atoms with Crippen LogP contribution in [0, 0.1) is 0 Å². The van der Waals surface area contributed by atoms with E-state index in [1.54, 1.807) is 12.1 Å². The third kappa shape index (κ3) is 6.27. The average Bonchev–Trinajstić information content (AvgIpc) is 3.11. The van der Waals surface area contributed by atoms with E-state index in [4.69, 9.17) is 23.7 Å². The fourth-order valence-corrected chi connectivity index (χ4v) is 5.22. The van der Waals surface area contributed by atoms with E-state index >= 15 is 0 Å². The van der Waals surface area contributed by atoms with Crippen LogP contribution in [0.4, 0.5) is 0 Å². The molecule has 0 saturated heterocycles. The van der Waals surface area contributed by atoms with Crippen molar-refractivity contribution < 1.29 is 58.2 Å². The minimum Gasteiger partial charge on any atom is -0.507 e. The molecule has 0 aliphatic carbocycles. The molecule has 14 nitrogen and oxygen atoms in total. The predicted octanol–water partition coefficient (Wildman–Crippen LogP) is 4.62. The molecule has 2 aliphatic heterocycles. The number of rotatable bonds is 12. The summed E-state index contributed by atoms with van der Waals surface area (Å²) < 4.78 is 28.7. The molecule has 3 N–H and O–H groups in total. The van der Waals surface area contributed by atoms with Crippen molar-refractivity contribution in [2.75, 3.05) is 26.4 Å². The quantitative estimate of drug-likeness (QED) is 0.178. The van der Waals surface area contributed by atoms with Gasteiger partial charge in [-0.15, -0.1) is 0 Å². The van der Waals surface area contributed by atoms with Crippen LogP contribution in [0.15, 0.2) is 55.0 Å². The molecule has 0 spiro atoms. The highest BCUT2D eigenvalue weighted by atomic mass is 16.6. The van der Waals surface area contributed by atoms with Crippen molar-refractivity contribution in [3.63, 3.8) is 0 Å². The highest BCUT2D eigenvalue weighted by Crippen LogP contribution is 2.58. The number of hydrogen-bond donors (Lipinski definition) is 3. The average molecular weight is 657 g/mol. The van der Waals surface area contributed by atoms with Gasteiger partial charge in [-0.05, 0) is 24.3 Å². The maximum atomic E-state index is 13.6. The van der Waals surface area contributed by atoms with Gasteiger partial charge >= 0.3 is 0 Å². The van der Waals surface area contributed by atoms with Gasteiger partial charge in [-0.2, -0.15) is 0 Å². The van der Waals surface area contributed by atoms with Crippen molar-refractivity contribution >= 4 is 23.1 Å². The van der Waals surface area contributed by atoms with Crippen molar-refractivity contribution in [3.05, 3.63) is 77.4 Å². The first-order chi connectivity index (χ1) is 23.2. The van der Waals surface area contributed by atoms with Gasteiger partial charge in [0.2, 0.25) is 23.0 Å². The number of aromatic hydroxyl groups is 3. The lowest BCUT2D eigenvalue weighted by Gasteiger charge is -2.27. The summed E-state index contributed by atoms with van der Waals surface area (Å²) in [4.78, 5) is 60.2. The Morgan fingerprint density at radius 1 is 0.646 bits per heavy atom. The third-order valence-electron chi connectivity index (χ3n) is 7.53. The Bertz CT molecular complexity index is 1910. The molecule has 14 heteroatoms. The van der Waals surface area contributed by atoms with Crippen LogP contribution < -0.4 is 23.7 Å². The second-order valence-electron chi connectivity index (χ2n) is 10.6. The first-order valence-electron chi connectivity index (χ1n) is 14.9. The topological polar surface area (TPSA) is 201 Å². The molecule has 2 aromatic heterocycles. The molecule has 0 bridgehead atoms. The summed E-state index contributed by atoms with van der Waals surface area (Å²) >= 11 is 0. The highest BCUT2D eigenvalue weighted by molar-refractivity contribution is 6.07. The molecule has 2 aliphatic rings. The molecule has 0 radical (unpaired) electrons. The van der Waals surface area contributed by atoms with Crippen molar-refractivity contribution in [2.24, 2.45) is 0 Å². The number of pyridine rings is 2. The Morgan fingerprint density at radius 2 is 1.27 bits per heavy atom. The molecule has 0 saturated carbocycles. The number of Topliss-reactive ketones (excluding diaryl/α,β-unsaturated/α-hetero) is 4. The lowest BCUT2D eigenvalue weighted by atomic mass is 9.99. The number of nitrogens with zero attached hydrogens (tertiary/aromatic N) is 2. The number of phenolic OH excluding ortho intramolecular Hbond substituents is 3. The van der Waals surface area contributed by atoms with Gasteiger partial charge in [0.15, 0.2) is 46.1 Å². The maximum absolute atomic E-state index is 13.6. The minimum atomic E-state index is -0.882. The van der Waals surface area contributed by atoms with Crippen LogP contribution in [0.1, 0.15) is 67.2 Å². The van der Waals surface area contributed by atoms with Crippen LogP contribution in [-0.2, 0) is 0 Å². The standard InChI is InChI=1S/C34H28N2O12/c37-20(18-8-11-35-12-9-18)4-6-22(39)26-24(41)17-25-30(45-14-13-44-25)31(26)48-33-29(43)27(28(42)32-34(33)47-16-15-46-32)23(40)7-5-21(38)19-3-1-2-10-36-19/h1-3,8-12,17,41-43H,4-7,13-16H2. The normalized spacial score (nSPS) is 13.0. The highest BCUT2D eigenvalue weighted by Gasteiger charge is 2.36. The first-order valence-corrected chi connectivity index (χ1v) is 14.9. The van der Waals surface area contributed by atoms with Crippen LogP contribution in [-0.4, -0.2) is 74.8 Å². The Balaban J connectivity index is 1.37. The van der Waals surface area contributed by atoms with Crippen molar-refractivity contribution in [1.82, 2.24) is 9.97 Å². The number of hydrogen-bond acceptors (Lipinski definition) is 14. The molecule has 0 atom stereocenters. The number of ether oxygens (including phenoxy) is 5. The number of phenols is 3. The van der Waals surface area contributed by atoms with Crippen LogP contribution in [0.2, 0.25) is 0 Å². The van der Waals surface area contributed by atoms with E-state index in [1.807, 2.05) is 0 Å². The van der Waals surface area contributed by atoms with E-state index in [-0.39, 0.29) is 80.2 Å². The molecule has 0 unspecified atom stereocenters. The van der Waals surface area contributed by atoms with E-state index in [0.717, 1.165) is 0 Å². The van der Waals surface area contributed by atoms with Gasteiger partial charge in [0.05, 0.1) is 0 Å². The van der Waals surface area contributed by atoms with Crippen molar-refractivity contribution in [3.8, 4) is 51.7 Å². The van der Waals surface area contributed by atoms with Crippen LogP contribution >= 0.6 is 0 Å². The molecule has 4 heterocycles. The van der Waals surface area contributed by atoms with Gasteiger partial charge in [-0.3, -0.25) is 29.1 Å². The lowest BCUT2D eigenvalue weighted by Crippen LogP contribution is -2.19. The molecular weight excluding hydrogens is 628 g/mol. The number of fused-ring (bicyclic) bond motifs is 2. The summed E-state index contributed by atoms with van der Waals surface area (Å²) in [6.45, 7) is 0.0982. The number of aromatic nitrogens is 2. The van der Waals surface area contributed by atoms with E-state index in [2.05, 4.69) is 9.97 Å². The van der Waals surface area contributed by atoms with Crippen molar-refractivity contribution in [1.29, 1.82) is 0 Å². The molecule has 0 fully saturated rings. The summed E-state index contributed by atoms with van der Waals surface area (Å²) in [5.41, 5.74) is -0.531. The van der Waals surface area contributed by atoms with Crippen LogP contribution in [0.3, 0.4) is 0 Å². The van der Waals surface area contributed by atoms with Crippen molar-refractivity contribution in [2.45, 2.75) is 25.7 Å². The number of carbonyl (C=O) groups is 4. The van der Waals surface area contributed by atoms with E-state index in [9.17, 15) is 34.5 Å². The Hall–Kier alpha value is -6.18. The SMILES string of the molecule is O=C(CCC(=O)c1c(O)cc2c(c1Oc1c(O)c(C(=O)CCC(=O)c3ccccn3)c(O)c3c1OCCO3)OCCO2)c1ccncc1. The van der Waals surface area contributed by atoms with Gasteiger partial charge in [0, 0.05) is 55.9 Å². The second-order valence-corrected chi connectivity index (χ2v) is 10.6. The zero-order chi connectivity index (χ0) is 33.8. The van der Waals surface area contributed by atoms with Crippen LogP contribution in [0.25, 0.3) is 0 Å². The number of benzene rings is 2. The molecule has 0 amide bonds. The minimum absolute atomic E-state index is 0.0202. The van der Waals surface area contributed by atoms with Crippen LogP contribution in [0.5, 0.6) is 51.7 Å². The number of ketones is 4. The third-order valence-corrected chi connectivity index (χ3v) is 7.53. The summed E-state index contributed by atoms with van der Waals surface area (Å²) in [7, 11) is 0. The summed E-state index contributed by atoms with van der Waals surface area (Å²) in [5.74, 6) is -6.15. The zero-order valence-electron chi connectivity index (χ0n) is 25.3. The monoisotopic (exact) mass is 656 g/mol. The number of carbonyl (C=O) groups excluding carboxylic acids is 4. The fourth-order valence-electron chi connectivity index (χ4n) is 5.22. The predicted molar refractivity (Wildman–Crippen MR) is 164 cm³/mol. The van der Waals surface area contributed by atoms with Gasteiger partial charge in [0.1, 0.15) is 49.0 Å².